The highest BCUT2D eigenvalue weighted by Crippen LogP contribution is 2.26. The number of aromatic nitrogens is 1. The van der Waals surface area contributed by atoms with Crippen molar-refractivity contribution in [3.05, 3.63) is 30.0 Å². The molecule has 0 atom stereocenters. The van der Waals surface area contributed by atoms with Crippen molar-refractivity contribution in [1.82, 2.24) is 4.98 Å². The number of hydrogen-bond acceptors (Lipinski definition) is 3. The summed E-state index contributed by atoms with van der Waals surface area (Å²) in [5.74, 6) is 0.685. The number of pyridine rings is 1. The van der Waals surface area contributed by atoms with Gasteiger partial charge in [-0.2, -0.15) is 0 Å². The van der Waals surface area contributed by atoms with Crippen LogP contribution in [-0.2, 0) is 9.84 Å². The molecule has 3 nitrogen and oxygen atoms in total. The Morgan fingerprint density at radius 2 is 2.00 bits per heavy atom. The van der Waals surface area contributed by atoms with Crippen LogP contribution in [0.15, 0.2) is 29.4 Å². The van der Waals surface area contributed by atoms with Gasteiger partial charge in [-0.15, -0.1) is 0 Å². The molecule has 0 saturated heterocycles. The van der Waals surface area contributed by atoms with Crippen molar-refractivity contribution in [3.63, 3.8) is 0 Å². The first kappa shape index (κ1) is 12.3. The van der Waals surface area contributed by atoms with Gasteiger partial charge in [0.1, 0.15) is 0 Å². The molecule has 0 aromatic carbocycles. The molecular formula is C13H17NO2S. The van der Waals surface area contributed by atoms with E-state index in [1.807, 2.05) is 6.08 Å². The second kappa shape index (κ2) is 5.00. The number of allylic oxidation sites excluding steroid dienone is 1. The van der Waals surface area contributed by atoms with Crippen LogP contribution in [0.4, 0.5) is 0 Å². The molecule has 2 rings (SSSR count). The van der Waals surface area contributed by atoms with Gasteiger partial charge in [0.25, 0.3) is 0 Å². The monoisotopic (exact) mass is 251 g/mol. The first-order chi connectivity index (χ1) is 8.05. The van der Waals surface area contributed by atoms with Gasteiger partial charge in [-0.1, -0.05) is 31.1 Å². The first-order valence-electron chi connectivity index (χ1n) is 5.90. The fourth-order valence-electron chi connectivity index (χ4n) is 2.11. The van der Waals surface area contributed by atoms with Crippen molar-refractivity contribution in [1.29, 1.82) is 0 Å². The SMILES string of the molecule is CS(=O)(=O)c1ccc(C=CC2CCCC2)cn1. The summed E-state index contributed by atoms with van der Waals surface area (Å²) in [6.07, 6.45) is 12.2. The summed E-state index contributed by atoms with van der Waals surface area (Å²) in [6, 6.07) is 3.36. The lowest BCUT2D eigenvalue weighted by Crippen LogP contribution is -1.99. The summed E-state index contributed by atoms with van der Waals surface area (Å²) >= 11 is 0. The van der Waals surface area contributed by atoms with Crippen molar-refractivity contribution in [3.8, 4) is 0 Å². The number of rotatable bonds is 3. The summed E-state index contributed by atoms with van der Waals surface area (Å²) in [5.41, 5.74) is 0.962. The Balaban J connectivity index is 2.08. The van der Waals surface area contributed by atoms with Crippen LogP contribution in [-0.4, -0.2) is 19.7 Å². The van der Waals surface area contributed by atoms with Crippen LogP contribution < -0.4 is 0 Å². The molecule has 0 amide bonds. The molecule has 0 N–H and O–H groups in total. The average Bonchev–Trinajstić information content (AvgIpc) is 2.78. The lowest BCUT2D eigenvalue weighted by molar-refractivity contribution is 0.598. The van der Waals surface area contributed by atoms with Crippen molar-refractivity contribution in [2.45, 2.75) is 30.7 Å². The van der Waals surface area contributed by atoms with E-state index in [2.05, 4.69) is 11.1 Å². The van der Waals surface area contributed by atoms with Gasteiger partial charge in [0, 0.05) is 12.5 Å². The maximum atomic E-state index is 11.2. The largest absolute Gasteiger partial charge is 0.244 e. The van der Waals surface area contributed by atoms with Crippen molar-refractivity contribution in [2.24, 2.45) is 5.92 Å². The Morgan fingerprint density at radius 3 is 2.53 bits per heavy atom. The molecule has 0 radical (unpaired) electrons. The van der Waals surface area contributed by atoms with Gasteiger partial charge < -0.3 is 0 Å². The molecule has 92 valence electrons. The molecule has 1 aliphatic rings. The standard InChI is InChI=1S/C13H17NO2S/c1-17(15,16)13-9-8-12(10-14-13)7-6-11-4-2-3-5-11/h6-11H,2-5H2,1H3. The van der Waals surface area contributed by atoms with Gasteiger partial charge >= 0.3 is 0 Å². The Labute approximate surface area is 103 Å². The molecule has 1 aromatic heterocycles. The van der Waals surface area contributed by atoms with Crippen LogP contribution in [0.25, 0.3) is 6.08 Å². The van der Waals surface area contributed by atoms with Crippen LogP contribution in [0.5, 0.6) is 0 Å². The maximum Gasteiger partial charge on any atom is 0.192 e. The van der Waals surface area contributed by atoms with Gasteiger partial charge in [0.2, 0.25) is 0 Å². The zero-order valence-corrected chi connectivity index (χ0v) is 10.8. The average molecular weight is 251 g/mol. The molecule has 1 aliphatic carbocycles. The van der Waals surface area contributed by atoms with Crippen molar-refractivity contribution < 1.29 is 8.42 Å². The zero-order chi connectivity index (χ0) is 12.3. The molecule has 1 saturated carbocycles. The Bertz CT molecular complexity index is 497. The molecule has 0 spiro atoms. The van der Waals surface area contributed by atoms with Crippen LogP contribution in [0.1, 0.15) is 31.2 Å². The van der Waals surface area contributed by atoms with Gasteiger partial charge in [0.05, 0.1) is 0 Å². The maximum absolute atomic E-state index is 11.2. The van der Waals surface area contributed by atoms with Gasteiger partial charge in [0.15, 0.2) is 14.9 Å². The predicted molar refractivity (Wildman–Crippen MR) is 68.3 cm³/mol. The molecule has 0 aliphatic heterocycles. The fourth-order valence-corrected chi connectivity index (χ4v) is 2.67. The molecule has 1 fully saturated rings. The van der Waals surface area contributed by atoms with E-state index < -0.39 is 9.84 Å². The van der Waals surface area contributed by atoms with E-state index in [-0.39, 0.29) is 5.03 Å². The highest BCUT2D eigenvalue weighted by atomic mass is 32.2. The van der Waals surface area contributed by atoms with Crippen molar-refractivity contribution >= 4 is 15.9 Å². The molecule has 17 heavy (non-hydrogen) atoms. The first-order valence-corrected chi connectivity index (χ1v) is 7.79. The highest BCUT2D eigenvalue weighted by Gasteiger charge is 2.11. The summed E-state index contributed by atoms with van der Waals surface area (Å²) in [7, 11) is -3.19. The molecular weight excluding hydrogens is 234 g/mol. The van der Waals surface area contributed by atoms with E-state index in [0.29, 0.717) is 5.92 Å². The lowest BCUT2D eigenvalue weighted by atomic mass is 10.1. The van der Waals surface area contributed by atoms with E-state index in [0.717, 1.165) is 5.56 Å². The van der Waals surface area contributed by atoms with E-state index in [9.17, 15) is 8.42 Å². The van der Waals surface area contributed by atoms with Crippen LogP contribution in [0.3, 0.4) is 0 Å². The molecule has 0 unspecified atom stereocenters. The second-order valence-corrected chi connectivity index (χ2v) is 6.57. The quantitative estimate of drug-likeness (QED) is 0.829. The van der Waals surface area contributed by atoms with Crippen molar-refractivity contribution in [2.75, 3.05) is 6.26 Å². The lowest BCUT2D eigenvalue weighted by Gasteiger charge is -2.01. The highest BCUT2D eigenvalue weighted by molar-refractivity contribution is 7.90. The van der Waals surface area contributed by atoms with E-state index >= 15 is 0 Å². The minimum absolute atomic E-state index is 0.135. The number of nitrogens with zero attached hydrogens (tertiary/aromatic N) is 1. The Morgan fingerprint density at radius 1 is 1.29 bits per heavy atom. The fraction of sp³-hybridized carbons (Fsp3) is 0.462. The molecule has 1 heterocycles. The molecule has 1 aromatic rings. The number of hydrogen-bond donors (Lipinski definition) is 0. The van der Waals surface area contributed by atoms with Crippen LogP contribution in [0.2, 0.25) is 0 Å². The summed E-state index contributed by atoms with van der Waals surface area (Å²) in [5, 5.41) is 0.135. The molecule has 0 bridgehead atoms. The van der Waals surface area contributed by atoms with E-state index in [4.69, 9.17) is 0 Å². The van der Waals surface area contributed by atoms with Crippen LogP contribution in [0, 0.1) is 5.92 Å². The zero-order valence-electron chi connectivity index (χ0n) is 9.96. The third-order valence-electron chi connectivity index (χ3n) is 3.10. The Kier molecular flexibility index (Phi) is 3.62. The number of sulfone groups is 1. The smallest absolute Gasteiger partial charge is 0.192 e. The van der Waals surface area contributed by atoms with Gasteiger partial charge in [-0.25, -0.2) is 13.4 Å². The third kappa shape index (κ3) is 3.40. The van der Waals surface area contributed by atoms with E-state index in [1.165, 1.54) is 31.9 Å². The summed E-state index contributed by atoms with van der Waals surface area (Å²) in [4.78, 5) is 3.96. The topological polar surface area (TPSA) is 47.0 Å². The normalized spacial score (nSPS) is 17.9. The third-order valence-corrected chi connectivity index (χ3v) is 4.10. The van der Waals surface area contributed by atoms with Gasteiger partial charge in [-0.05, 0) is 30.4 Å². The second-order valence-electron chi connectivity index (χ2n) is 4.61. The van der Waals surface area contributed by atoms with Crippen LogP contribution >= 0.6 is 0 Å². The summed E-state index contributed by atoms with van der Waals surface area (Å²) in [6.45, 7) is 0. The van der Waals surface area contributed by atoms with E-state index in [1.54, 1.807) is 18.3 Å². The minimum Gasteiger partial charge on any atom is -0.244 e. The minimum atomic E-state index is -3.19. The molecule has 4 heteroatoms. The summed E-state index contributed by atoms with van der Waals surface area (Å²) < 4.78 is 22.5. The predicted octanol–water partition coefficient (Wildman–Crippen LogP) is 2.69. The van der Waals surface area contributed by atoms with Gasteiger partial charge in [-0.3, -0.25) is 0 Å². The Hall–Kier alpha value is -1.16.